The Morgan fingerprint density at radius 1 is 1.35 bits per heavy atom. The van der Waals surface area contributed by atoms with E-state index in [1.807, 2.05) is 11.4 Å². The lowest BCUT2D eigenvalue weighted by molar-refractivity contribution is -0.140. The zero-order valence-corrected chi connectivity index (χ0v) is 15.6. The second-order valence-corrected chi connectivity index (χ2v) is 7.53. The van der Waals surface area contributed by atoms with Crippen LogP contribution in [0, 0.1) is 0 Å². The molecular weight excluding hydrogens is 378 g/mol. The van der Waals surface area contributed by atoms with Crippen LogP contribution in [-0.4, -0.2) is 36.2 Å². The number of carbonyl (C=O) groups excluding carboxylic acids is 2. The molecule has 1 unspecified atom stereocenters. The van der Waals surface area contributed by atoms with Crippen molar-refractivity contribution in [2.45, 2.75) is 26.0 Å². The fourth-order valence-corrected chi connectivity index (χ4v) is 4.21. The maximum Gasteiger partial charge on any atom is 0.339 e. The van der Waals surface area contributed by atoms with Crippen LogP contribution in [-0.2, 0) is 22.5 Å². The molecule has 6 nitrogen and oxygen atoms in total. The standard InChI is InChI=1S/C18H16ClNO5S/c1-10(17(21)20-4-2-15-11(8-20)3-5-26-15)25-18(22)12-6-13(19)16-14(7-12)23-9-24-16/h3,5-7,10H,2,4,8-9H2,1H3. The first-order valence-electron chi connectivity index (χ1n) is 8.17. The molecule has 0 spiro atoms. The molecular formula is C18H16ClNO5S. The van der Waals surface area contributed by atoms with Crippen LogP contribution in [0.2, 0.25) is 5.02 Å². The van der Waals surface area contributed by atoms with E-state index in [9.17, 15) is 9.59 Å². The van der Waals surface area contributed by atoms with Gasteiger partial charge >= 0.3 is 5.97 Å². The molecule has 0 bridgehead atoms. The van der Waals surface area contributed by atoms with Crippen LogP contribution in [0.25, 0.3) is 0 Å². The summed E-state index contributed by atoms with van der Waals surface area (Å²) in [4.78, 5) is 28.1. The number of thiophene rings is 1. The summed E-state index contributed by atoms with van der Waals surface area (Å²) in [6, 6.07) is 4.99. The molecule has 4 rings (SSSR count). The first kappa shape index (κ1) is 17.2. The number of rotatable bonds is 3. The Balaban J connectivity index is 1.43. The molecule has 0 saturated carbocycles. The van der Waals surface area contributed by atoms with Gasteiger partial charge < -0.3 is 19.1 Å². The van der Waals surface area contributed by atoms with Crippen LogP contribution < -0.4 is 9.47 Å². The number of hydrogen-bond acceptors (Lipinski definition) is 6. The Morgan fingerprint density at radius 2 is 2.19 bits per heavy atom. The Morgan fingerprint density at radius 3 is 3.04 bits per heavy atom. The first-order chi connectivity index (χ1) is 12.5. The molecule has 0 saturated heterocycles. The van der Waals surface area contributed by atoms with Gasteiger partial charge in [0.05, 0.1) is 10.6 Å². The lowest BCUT2D eigenvalue weighted by atomic mass is 10.1. The van der Waals surface area contributed by atoms with Gasteiger partial charge in [0.2, 0.25) is 6.79 Å². The summed E-state index contributed by atoms with van der Waals surface area (Å²) >= 11 is 7.80. The number of halogens is 1. The fraction of sp³-hybridized carbons (Fsp3) is 0.333. The molecule has 26 heavy (non-hydrogen) atoms. The highest BCUT2D eigenvalue weighted by molar-refractivity contribution is 7.10. The summed E-state index contributed by atoms with van der Waals surface area (Å²) in [6.07, 6.45) is -0.0520. The van der Waals surface area contributed by atoms with Crippen molar-refractivity contribution in [3.8, 4) is 11.5 Å². The molecule has 0 fully saturated rings. The third kappa shape index (κ3) is 3.12. The fourth-order valence-electron chi connectivity index (χ4n) is 3.06. The number of hydrogen-bond donors (Lipinski definition) is 0. The molecule has 2 aliphatic heterocycles. The summed E-state index contributed by atoms with van der Waals surface area (Å²) in [7, 11) is 0. The normalized spacial score (nSPS) is 16.2. The van der Waals surface area contributed by atoms with Gasteiger partial charge in [-0.2, -0.15) is 0 Å². The van der Waals surface area contributed by atoms with E-state index in [1.54, 1.807) is 23.2 Å². The smallest absolute Gasteiger partial charge is 0.339 e. The number of carbonyl (C=O) groups is 2. The quantitative estimate of drug-likeness (QED) is 0.749. The minimum atomic E-state index is -0.883. The zero-order valence-electron chi connectivity index (χ0n) is 14.0. The number of amides is 1. The van der Waals surface area contributed by atoms with Gasteiger partial charge in [-0.1, -0.05) is 11.6 Å². The number of benzene rings is 1. The summed E-state index contributed by atoms with van der Waals surface area (Å²) in [6.45, 7) is 2.82. The van der Waals surface area contributed by atoms with E-state index in [0.717, 1.165) is 12.0 Å². The van der Waals surface area contributed by atoms with Crippen LogP contribution in [0.5, 0.6) is 11.5 Å². The van der Waals surface area contributed by atoms with Gasteiger partial charge in [0.1, 0.15) is 0 Å². The highest BCUT2D eigenvalue weighted by Crippen LogP contribution is 2.40. The third-order valence-corrected chi connectivity index (χ3v) is 5.72. The summed E-state index contributed by atoms with van der Waals surface area (Å²) in [5, 5.41) is 2.30. The second-order valence-electron chi connectivity index (χ2n) is 6.12. The maximum atomic E-state index is 12.6. The van der Waals surface area contributed by atoms with E-state index in [-0.39, 0.29) is 23.3 Å². The van der Waals surface area contributed by atoms with E-state index >= 15 is 0 Å². The van der Waals surface area contributed by atoms with Crippen molar-refractivity contribution in [1.29, 1.82) is 0 Å². The molecule has 2 aliphatic rings. The third-order valence-electron chi connectivity index (χ3n) is 4.41. The highest BCUT2D eigenvalue weighted by Gasteiger charge is 2.29. The molecule has 0 N–H and O–H groups in total. The molecule has 0 radical (unpaired) electrons. The van der Waals surface area contributed by atoms with Gasteiger partial charge in [0.15, 0.2) is 17.6 Å². The molecule has 2 aromatic rings. The van der Waals surface area contributed by atoms with Crippen molar-refractivity contribution in [1.82, 2.24) is 4.90 Å². The maximum absolute atomic E-state index is 12.6. The van der Waals surface area contributed by atoms with E-state index in [4.69, 9.17) is 25.8 Å². The van der Waals surface area contributed by atoms with Gasteiger partial charge in [-0.05, 0) is 42.5 Å². The monoisotopic (exact) mass is 393 g/mol. The Kier molecular flexibility index (Phi) is 4.50. The van der Waals surface area contributed by atoms with Crippen molar-refractivity contribution in [2.75, 3.05) is 13.3 Å². The number of esters is 1. The SMILES string of the molecule is CC(OC(=O)c1cc(Cl)c2c(c1)OCO2)C(=O)N1CCc2sccc2C1. The average Bonchev–Trinajstić information content (AvgIpc) is 3.29. The average molecular weight is 394 g/mol. The molecule has 0 aliphatic carbocycles. The minimum absolute atomic E-state index is 0.0575. The second kappa shape index (κ2) is 6.81. The minimum Gasteiger partial charge on any atom is -0.454 e. The molecule has 1 aromatic heterocycles. The van der Waals surface area contributed by atoms with Crippen molar-refractivity contribution in [2.24, 2.45) is 0 Å². The number of fused-ring (bicyclic) bond motifs is 2. The Hall–Kier alpha value is -2.25. The van der Waals surface area contributed by atoms with Crippen LogP contribution in [0.4, 0.5) is 0 Å². The summed E-state index contributed by atoms with van der Waals surface area (Å²) < 4.78 is 15.8. The van der Waals surface area contributed by atoms with Gasteiger partial charge in [-0.25, -0.2) is 4.79 Å². The largest absolute Gasteiger partial charge is 0.454 e. The van der Waals surface area contributed by atoms with Gasteiger partial charge in [-0.3, -0.25) is 4.79 Å². The van der Waals surface area contributed by atoms with Crippen LogP contribution >= 0.6 is 22.9 Å². The van der Waals surface area contributed by atoms with Crippen molar-refractivity contribution >= 4 is 34.8 Å². The van der Waals surface area contributed by atoms with E-state index in [1.165, 1.54) is 17.0 Å². The van der Waals surface area contributed by atoms with Crippen molar-refractivity contribution in [3.05, 3.63) is 44.6 Å². The number of nitrogens with zero attached hydrogens (tertiary/aromatic N) is 1. The zero-order chi connectivity index (χ0) is 18.3. The van der Waals surface area contributed by atoms with Gasteiger partial charge in [-0.15, -0.1) is 11.3 Å². The Labute approximate surface area is 159 Å². The van der Waals surface area contributed by atoms with Crippen molar-refractivity contribution < 1.29 is 23.8 Å². The number of ether oxygens (including phenoxy) is 3. The lowest BCUT2D eigenvalue weighted by Crippen LogP contribution is -2.42. The predicted molar refractivity (Wildman–Crippen MR) is 95.9 cm³/mol. The van der Waals surface area contributed by atoms with E-state index in [0.29, 0.717) is 24.6 Å². The molecule has 136 valence electrons. The molecule has 1 atom stereocenters. The lowest BCUT2D eigenvalue weighted by Gasteiger charge is -2.29. The van der Waals surface area contributed by atoms with Crippen LogP contribution in [0.1, 0.15) is 27.7 Å². The molecule has 8 heteroatoms. The predicted octanol–water partition coefficient (Wildman–Crippen LogP) is 3.26. The van der Waals surface area contributed by atoms with E-state index in [2.05, 4.69) is 0 Å². The first-order valence-corrected chi connectivity index (χ1v) is 9.43. The van der Waals surface area contributed by atoms with E-state index < -0.39 is 12.1 Å². The van der Waals surface area contributed by atoms with Gasteiger partial charge in [0, 0.05) is 18.0 Å². The highest BCUT2D eigenvalue weighted by atomic mass is 35.5. The topological polar surface area (TPSA) is 65.1 Å². The summed E-state index contributed by atoms with van der Waals surface area (Å²) in [5.74, 6) is -0.0296. The van der Waals surface area contributed by atoms with Gasteiger partial charge in [0.25, 0.3) is 5.91 Å². The molecule has 1 aromatic carbocycles. The molecule has 3 heterocycles. The van der Waals surface area contributed by atoms with Crippen molar-refractivity contribution in [3.63, 3.8) is 0 Å². The molecule has 1 amide bonds. The summed E-state index contributed by atoms with van der Waals surface area (Å²) in [5.41, 5.74) is 1.38. The van der Waals surface area contributed by atoms with Crippen LogP contribution in [0.15, 0.2) is 23.6 Å². The Bertz CT molecular complexity index is 880. The van der Waals surface area contributed by atoms with Crippen LogP contribution in [0.3, 0.4) is 0 Å².